The van der Waals surface area contributed by atoms with E-state index in [4.69, 9.17) is 0 Å². The highest BCUT2D eigenvalue weighted by Crippen LogP contribution is 2.25. The zero-order valence-corrected chi connectivity index (χ0v) is 13.1. The molecular weight excluding hydrogens is 266 g/mol. The van der Waals surface area contributed by atoms with Crippen molar-refractivity contribution in [3.05, 3.63) is 29.6 Å². The molecule has 2 rings (SSSR count). The summed E-state index contributed by atoms with van der Waals surface area (Å²) in [4.78, 5) is 30.9. The Morgan fingerprint density at radius 1 is 1.38 bits per heavy atom. The number of pyridine rings is 1. The lowest BCUT2D eigenvalue weighted by Gasteiger charge is -2.44. The van der Waals surface area contributed by atoms with Crippen molar-refractivity contribution < 1.29 is 9.59 Å². The van der Waals surface area contributed by atoms with Gasteiger partial charge in [0.05, 0.1) is 0 Å². The van der Waals surface area contributed by atoms with E-state index >= 15 is 0 Å². The molecule has 0 bridgehead atoms. The molecule has 1 aliphatic heterocycles. The summed E-state index contributed by atoms with van der Waals surface area (Å²) in [6, 6.07) is 1.51. The van der Waals surface area contributed by atoms with Crippen LogP contribution in [-0.4, -0.2) is 33.3 Å². The highest BCUT2D eigenvalue weighted by Gasteiger charge is 2.46. The van der Waals surface area contributed by atoms with Crippen LogP contribution < -0.4 is 5.32 Å². The highest BCUT2D eigenvalue weighted by atomic mass is 16.2. The average molecular weight is 289 g/mol. The van der Waals surface area contributed by atoms with Gasteiger partial charge >= 0.3 is 0 Å². The molecule has 0 saturated carbocycles. The maximum absolute atomic E-state index is 12.8. The number of nitrogens with zero attached hydrogens (tertiary/aromatic N) is 2. The van der Waals surface area contributed by atoms with Gasteiger partial charge in [-0.3, -0.25) is 14.6 Å². The van der Waals surface area contributed by atoms with E-state index in [2.05, 4.69) is 10.3 Å². The number of aryl methyl sites for hydroxylation is 1. The third-order valence-corrected chi connectivity index (χ3v) is 4.38. The number of rotatable bonds is 4. The Labute approximate surface area is 125 Å². The fourth-order valence-electron chi connectivity index (χ4n) is 2.70. The number of hydrogen-bond acceptors (Lipinski definition) is 3. The second kappa shape index (κ2) is 5.84. The monoisotopic (exact) mass is 289 g/mol. The number of carbonyl (C=O) groups is 2. The van der Waals surface area contributed by atoms with E-state index in [1.807, 2.05) is 26.8 Å². The van der Waals surface area contributed by atoms with Gasteiger partial charge in [-0.2, -0.15) is 0 Å². The van der Waals surface area contributed by atoms with Gasteiger partial charge in [-0.15, -0.1) is 0 Å². The third kappa shape index (κ3) is 2.77. The van der Waals surface area contributed by atoms with Crippen LogP contribution in [0.5, 0.6) is 0 Å². The molecular formula is C16H23N3O2. The Balaban J connectivity index is 2.34. The first-order valence-corrected chi connectivity index (χ1v) is 7.45. The molecule has 5 heteroatoms. The molecule has 0 aromatic carbocycles. The Morgan fingerprint density at radius 3 is 2.67 bits per heavy atom. The van der Waals surface area contributed by atoms with Crippen LogP contribution in [0.1, 0.15) is 44.7 Å². The van der Waals surface area contributed by atoms with Gasteiger partial charge in [0.15, 0.2) is 0 Å². The summed E-state index contributed by atoms with van der Waals surface area (Å²) in [5.74, 6) is -0.0687. The molecule has 2 unspecified atom stereocenters. The lowest BCUT2D eigenvalue weighted by molar-refractivity contribution is -0.155. The number of aromatic nitrogens is 1. The molecule has 1 saturated heterocycles. The summed E-state index contributed by atoms with van der Waals surface area (Å²) in [6.07, 6.45) is 4.70. The van der Waals surface area contributed by atoms with Crippen LogP contribution in [0.4, 0.5) is 0 Å². The molecule has 1 N–H and O–H groups in total. The van der Waals surface area contributed by atoms with Crippen LogP contribution in [0.2, 0.25) is 0 Å². The summed E-state index contributed by atoms with van der Waals surface area (Å²) in [5.41, 5.74) is 1.26. The van der Waals surface area contributed by atoms with Crippen molar-refractivity contribution in [2.45, 2.75) is 58.7 Å². The summed E-state index contributed by atoms with van der Waals surface area (Å²) in [6.45, 7) is 8.07. The third-order valence-electron chi connectivity index (χ3n) is 4.38. The Bertz CT molecular complexity index is 558. The Kier molecular flexibility index (Phi) is 4.30. The van der Waals surface area contributed by atoms with Crippen LogP contribution in [0.3, 0.4) is 0 Å². The zero-order chi connectivity index (χ0) is 15.6. The standard InChI is InChI=1S/C16H23N3O2/c1-5-13-14(20)18-16(4,6-2)15(21)19(13)10-12-7-8-17-9-11(12)3/h7-9,13H,5-6,10H2,1-4H3,(H,18,20). The molecule has 114 valence electrons. The fraction of sp³-hybridized carbons (Fsp3) is 0.562. The maximum atomic E-state index is 12.8. The fourth-order valence-corrected chi connectivity index (χ4v) is 2.70. The van der Waals surface area contributed by atoms with Crippen molar-refractivity contribution in [3.8, 4) is 0 Å². The lowest BCUT2D eigenvalue weighted by atomic mass is 9.90. The van der Waals surface area contributed by atoms with Crippen molar-refractivity contribution in [1.29, 1.82) is 0 Å². The molecule has 1 fully saturated rings. The first kappa shape index (κ1) is 15.5. The molecule has 1 aromatic rings. The molecule has 2 heterocycles. The van der Waals surface area contributed by atoms with E-state index < -0.39 is 11.6 Å². The van der Waals surface area contributed by atoms with Gasteiger partial charge in [-0.05, 0) is 43.9 Å². The summed E-state index contributed by atoms with van der Waals surface area (Å²) in [7, 11) is 0. The topological polar surface area (TPSA) is 62.3 Å². The summed E-state index contributed by atoms with van der Waals surface area (Å²) >= 11 is 0. The Hall–Kier alpha value is -1.91. The minimum Gasteiger partial charge on any atom is -0.340 e. The largest absolute Gasteiger partial charge is 0.340 e. The maximum Gasteiger partial charge on any atom is 0.249 e. The van der Waals surface area contributed by atoms with Gasteiger partial charge in [0.25, 0.3) is 0 Å². The SMILES string of the molecule is CCC1C(=O)NC(C)(CC)C(=O)N1Cc1ccncc1C. The van der Waals surface area contributed by atoms with Gasteiger partial charge in [0, 0.05) is 18.9 Å². The van der Waals surface area contributed by atoms with E-state index in [1.165, 1.54) is 0 Å². The van der Waals surface area contributed by atoms with Crippen LogP contribution in [0.25, 0.3) is 0 Å². The van der Waals surface area contributed by atoms with Crippen molar-refractivity contribution >= 4 is 11.8 Å². The number of nitrogens with one attached hydrogen (secondary N) is 1. The lowest BCUT2D eigenvalue weighted by Crippen LogP contribution is -2.68. The molecule has 0 spiro atoms. The highest BCUT2D eigenvalue weighted by molar-refractivity contribution is 5.99. The van der Waals surface area contributed by atoms with Crippen molar-refractivity contribution in [2.24, 2.45) is 0 Å². The summed E-state index contributed by atoms with van der Waals surface area (Å²) < 4.78 is 0. The van der Waals surface area contributed by atoms with Gasteiger partial charge in [0.2, 0.25) is 11.8 Å². The van der Waals surface area contributed by atoms with E-state index in [1.54, 1.807) is 24.2 Å². The predicted octanol–water partition coefficient (Wildman–Crippen LogP) is 1.80. The average Bonchev–Trinajstić information content (AvgIpc) is 2.47. The minimum absolute atomic E-state index is 0.00679. The van der Waals surface area contributed by atoms with Crippen molar-refractivity contribution in [3.63, 3.8) is 0 Å². The van der Waals surface area contributed by atoms with Crippen LogP contribution in [0, 0.1) is 6.92 Å². The molecule has 5 nitrogen and oxygen atoms in total. The first-order valence-electron chi connectivity index (χ1n) is 7.45. The minimum atomic E-state index is -0.802. The quantitative estimate of drug-likeness (QED) is 0.919. The number of amides is 2. The molecule has 21 heavy (non-hydrogen) atoms. The van der Waals surface area contributed by atoms with E-state index in [0.717, 1.165) is 11.1 Å². The number of hydrogen-bond donors (Lipinski definition) is 1. The predicted molar refractivity (Wildman–Crippen MR) is 80.4 cm³/mol. The van der Waals surface area contributed by atoms with Crippen molar-refractivity contribution in [1.82, 2.24) is 15.2 Å². The second-order valence-electron chi connectivity index (χ2n) is 5.83. The van der Waals surface area contributed by atoms with Crippen LogP contribution in [-0.2, 0) is 16.1 Å². The Morgan fingerprint density at radius 2 is 2.10 bits per heavy atom. The van der Waals surface area contributed by atoms with E-state index in [-0.39, 0.29) is 11.8 Å². The first-order chi connectivity index (χ1) is 9.92. The van der Waals surface area contributed by atoms with Gasteiger partial charge in [0.1, 0.15) is 11.6 Å². The normalized spacial score (nSPS) is 25.9. The summed E-state index contributed by atoms with van der Waals surface area (Å²) in [5, 5.41) is 2.88. The molecule has 2 atom stereocenters. The van der Waals surface area contributed by atoms with Crippen LogP contribution >= 0.6 is 0 Å². The van der Waals surface area contributed by atoms with Gasteiger partial charge in [-0.25, -0.2) is 0 Å². The van der Waals surface area contributed by atoms with Gasteiger partial charge in [-0.1, -0.05) is 13.8 Å². The number of carbonyl (C=O) groups excluding carboxylic acids is 2. The van der Waals surface area contributed by atoms with Gasteiger partial charge < -0.3 is 10.2 Å². The molecule has 2 amide bonds. The zero-order valence-electron chi connectivity index (χ0n) is 13.1. The van der Waals surface area contributed by atoms with Crippen molar-refractivity contribution in [2.75, 3.05) is 0 Å². The number of piperazine rings is 1. The second-order valence-corrected chi connectivity index (χ2v) is 5.83. The smallest absolute Gasteiger partial charge is 0.249 e. The molecule has 1 aliphatic rings. The van der Waals surface area contributed by atoms with E-state index in [0.29, 0.717) is 19.4 Å². The molecule has 0 radical (unpaired) electrons. The van der Waals surface area contributed by atoms with E-state index in [9.17, 15) is 9.59 Å². The molecule has 0 aliphatic carbocycles. The van der Waals surface area contributed by atoms with Crippen LogP contribution in [0.15, 0.2) is 18.5 Å². The molecule has 1 aromatic heterocycles.